The van der Waals surface area contributed by atoms with Crippen LogP contribution in [0.2, 0.25) is 0 Å². The fourth-order valence-electron chi connectivity index (χ4n) is 5.21. The third-order valence-electron chi connectivity index (χ3n) is 6.80. The van der Waals surface area contributed by atoms with E-state index in [1.54, 1.807) is 0 Å². The Morgan fingerprint density at radius 2 is 1.88 bits per heavy atom. The lowest BCUT2D eigenvalue weighted by atomic mass is 9.94. The molecule has 2 aromatic carbocycles. The molecule has 4 aliphatic heterocycles. The second-order valence-electron chi connectivity index (χ2n) is 9.23. The fraction of sp³-hybridized carbons (Fsp3) is 0.400. The molecule has 32 heavy (non-hydrogen) atoms. The van der Waals surface area contributed by atoms with E-state index in [-0.39, 0.29) is 18.1 Å². The van der Waals surface area contributed by atoms with Crippen molar-refractivity contribution in [3.63, 3.8) is 0 Å². The van der Waals surface area contributed by atoms with E-state index in [0.717, 1.165) is 30.6 Å². The van der Waals surface area contributed by atoms with Gasteiger partial charge >= 0.3 is 6.03 Å². The minimum Gasteiger partial charge on any atom is -0.324 e. The second kappa shape index (κ2) is 8.37. The van der Waals surface area contributed by atoms with Crippen LogP contribution >= 0.6 is 0 Å². The van der Waals surface area contributed by atoms with E-state index < -0.39 is 10.0 Å². The third-order valence-corrected chi connectivity index (χ3v) is 7.53. The molecule has 168 valence electrons. The summed E-state index contributed by atoms with van der Waals surface area (Å²) in [5, 5.41) is 0. The molecular formula is C25H29N3O3S. The van der Waals surface area contributed by atoms with Crippen molar-refractivity contribution < 1.29 is 13.2 Å². The van der Waals surface area contributed by atoms with E-state index in [2.05, 4.69) is 59.3 Å². The molecule has 0 spiro atoms. The quantitative estimate of drug-likeness (QED) is 0.761. The van der Waals surface area contributed by atoms with Crippen molar-refractivity contribution >= 4 is 22.1 Å². The van der Waals surface area contributed by atoms with Crippen molar-refractivity contribution in [3.05, 3.63) is 65.7 Å². The Kier molecular flexibility index (Phi) is 5.55. The standard InChI is InChI=1S/C25H29N3O3S/c1-32(30,31)26-23-12-13-28-24(23)15-18-6-4-10-21(14-18)22-11-3-2-8-20(22)9-5-7-19-16-27(17-19)25(28)29/h2-6,8-11,14,19,23-24,26H,7,12-13,15-17H2,1H3/b9-5+. The van der Waals surface area contributed by atoms with Gasteiger partial charge in [-0.3, -0.25) is 0 Å². The highest BCUT2D eigenvalue weighted by molar-refractivity contribution is 7.88. The lowest BCUT2D eigenvalue weighted by molar-refractivity contribution is 0.0871. The fourth-order valence-corrected chi connectivity index (χ4v) is 6.04. The minimum atomic E-state index is -3.36. The summed E-state index contributed by atoms with van der Waals surface area (Å²) < 4.78 is 26.8. The zero-order valence-electron chi connectivity index (χ0n) is 18.3. The number of hydrogen-bond acceptors (Lipinski definition) is 3. The summed E-state index contributed by atoms with van der Waals surface area (Å²) in [6, 6.07) is 16.3. The van der Waals surface area contributed by atoms with Gasteiger partial charge in [0.1, 0.15) is 0 Å². The van der Waals surface area contributed by atoms with Crippen LogP contribution in [0.4, 0.5) is 4.79 Å². The van der Waals surface area contributed by atoms with E-state index in [9.17, 15) is 13.2 Å². The molecule has 2 atom stereocenters. The molecular weight excluding hydrogens is 422 g/mol. The molecule has 0 radical (unpaired) electrons. The molecule has 1 N–H and O–H groups in total. The van der Waals surface area contributed by atoms with E-state index in [4.69, 9.17) is 0 Å². The summed E-state index contributed by atoms with van der Waals surface area (Å²) in [5.74, 6) is 0.472. The molecule has 0 aromatic heterocycles. The Bertz CT molecular complexity index is 1150. The molecule has 7 heteroatoms. The van der Waals surface area contributed by atoms with Crippen LogP contribution in [0.15, 0.2) is 54.6 Å². The number of sulfonamides is 1. The number of fused-ring (bicyclic) bond motifs is 1. The number of amides is 2. The maximum Gasteiger partial charge on any atom is 0.320 e. The highest BCUT2D eigenvalue weighted by Crippen LogP contribution is 2.31. The molecule has 2 fully saturated rings. The number of rotatable bonds is 2. The van der Waals surface area contributed by atoms with Gasteiger partial charge in [-0.2, -0.15) is 0 Å². The number of carbonyl (C=O) groups is 1. The minimum absolute atomic E-state index is 0.0299. The smallest absolute Gasteiger partial charge is 0.320 e. The largest absolute Gasteiger partial charge is 0.324 e. The van der Waals surface area contributed by atoms with Crippen LogP contribution < -0.4 is 4.72 Å². The Balaban J connectivity index is 1.54. The van der Waals surface area contributed by atoms with Crippen LogP contribution in [-0.4, -0.2) is 62.2 Å². The first-order valence-corrected chi connectivity index (χ1v) is 13.1. The van der Waals surface area contributed by atoms with Crippen LogP contribution in [0.25, 0.3) is 17.2 Å². The van der Waals surface area contributed by atoms with Crippen molar-refractivity contribution in [2.45, 2.75) is 31.3 Å². The van der Waals surface area contributed by atoms with Gasteiger partial charge in [-0.1, -0.05) is 60.7 Å². The maximum absolute atomic E-state index is 13.3. The lowest BCUT2D eigenvalue weighted by Gasteiger charge is -2.42. The van der Waals surface area contributed by atoms with Gasteiger partial charge in [0.15, 0.2) is 0 Å². The summed E-state index contributed by atoms with van der Waals surface area (Å²) in [6.07, 6.45) is 7.79. The molecule has 6 nitrogen and oxygen atoms in total. The molecule has 0 aliphatic carbocycles. The van der Waals surface area contributed by atoms with Crippen molar-refractivity contribution in [1.29, 1.82) is 0 Å². The van der Waals surface area contributed by atoms with Crippen LogP contribution in [0.1, 0.15) is 24.0 Å². The predicted molar refractivity (Wildman–Crippen MR) is 127 cm³/mol. The van der Waals surface area contributed by atoms with Gasteiger partial charge in [-0.25, -0.2) is 17.9 Å². The average Bonchev–Trinajstić information content (AvgIpc) is 3.09. The van der Waals surface area contributed by atoms with Gasteiger partial charge in [0, 0.05) is 25.7 Å². The topological polar surface area (TPSA) is 69.7 Å². The van der Waals surface area contributed by atoms with Crippen molar-refractivity contribution in [3.8, 4) is 11.1 Å². The van der Waals surface area contributed by atoms with Crippen LogP contribution in [-0.2, 0) is 16.4 Å². The summed E-state index contributed by atoms with van der Waals surface area (Å²) in [5.41, 5.74) is 4.60. The van der Waals surface area contributed by atoms with E-state index in [1.807, 2.05) is 15.9 Å². The first-order chi connectivity index (χ1) is 15.4. The van der Waals surface area contributed by atoms with Crippen LogP contribution in [0.5, 0.6) is 0 Å². The highest BCUT2D eigenvalue weighted by Gasteiger charge is 2.42. The van der Waals surface area contributed by atoms with Crippen LogP contribution in [0, 0.1) is 5.92 Å². The number of nitrogens with one attached hydrogen (secondary N) is 1. The highest BCUT2D eigenvalue weighted by atomic mass is 32.2. The molecule has 4 aliphatic rings. The van der Waals surface area contributed by atoms with Gasteiger partial charge in [0.25, 0.3) is 0 Å². The van der Waals surface area contributed by atoms with E-state index >= 15 is 0 Å². The van der Waals surface area contributed by atoms with Crippen molar-refractivity contribution in [1.82, 2.24) is 14.5 Å². The van der Waals surface area contributed by atoms with Crippen LogP contribution in [0.3, 0.4) is 0 Å². The van der Waals surface area contributed by atoms with E-state index in [0.29, 0.717) is 25.3 Å². The summed E-state index contributed by atoms with van der Waals surface area (Å²) in [6.45, 7) is 2.08. The molecule has 4 bridgehead atoms. The van der Waals surface area contributed by atoms with Gasteiger partial charge in [0.2, 0.25) is 10.0 Å². The second-order valence-corrected chi connectivity index (χ2v) is 11.0. The Hall–Kier alpha value is -2.64. The van der Waals surface area contributed by atoms with Gasteiger partial charge < -0.3 is 9.80 Å². The number of urea groups is 1. The molecule has 0 saturated carbocycles. The van der Waals surface area contributed by atoms with Gasteiger partial charge in [0.05, 0.1) is 12.3 Å². The summed E-state index contributed by atoms with van der Waals surface area (Å²) in [7, 11) is -3.36. The molecule has 2 aromatic rings. The molecule has 2 saturated heterocycles. The summed E-state index contributed by atoms with van der Waals surface area (Å²) >= 11 is 0. The summed E-state index contributed by atoms with van der Waals surface area (Å²) in [4.78, 5) is 17.1. The normalized spacial score (nSPS) is 26.4. The molecule has 2 unspecified atom stereocenters. The lowest BCUT2D eigenvalue weighted by Crippen LogP contribution is -2.57. The monoisotopic (exact) mass is 451 g/mol. The maximum atomic E-state index is 13.3. The number of benzene rings is 2. The average molecular weight is 452 g/mol. The van der Waals surface area contributed by atoms with Crippen molar-refractivity contribution in [2.75, 3.05) is 25.9 Å². The Morgan fingerprint density at radius 1 is 1.06 bits per heavy atom. The van der Waals surface area contributed by atoms with Gasteiger partial charge in [-0.05, 0) is 47.4 Å². The predicted octanol–water partition coefficient (Wildman–Crippen LogP) is 3.36. The first kappa shape index (κ1) is 21.2. The SMILES string of the molecule is CS(=O)(=O)NC1CCN2C(=O)N3CC(C/C=C/c4ccccc4-c4cccc(c4)CC12)C3. The molecule has 6 rings (SSSR count). The zero-order chi connectivity index (χ0) is 22.3. The van der Waals surface area contributed by atoms with E-state index in [1.165, 1.54) is 17.4 Å². The Labute approximate surface area is 190 Å². The third kappa shape index (κ3) is 4.32. The first-order valence-electron chi connectivity index (χ1n) is 11.2. The number of hydrogen-bond donors (Lipinski definition) is 1. The number of carbonyl (C=O) groups excluding carboxylic acids is 1. The Morgan fingerprint density at radius 3 is 2.69 bits per heavy atom. The molecule has 4 heterocycles. The zero-order valence-corrected chi connectivity index (χ0v) is 19.1. The molecule has 2 amide bonds. The number of allylic oxidation sites excluding steroid dienone is 1. The van der Waals surface area contributed by atoms with Crippen molar-refractivity contribution in [2.24, 2.45) is 5.92 Å². The van der Waals surface area contributed by atoms with Gasteiger partial charge in [-0.15, -0.1) is 0 Å². The number of nitrogens with zero attached hydrogens (tertiary/aromatic N) is 2.